The molecule has 1 heterocycles. The first-order chi connectivity index (χ1) is 11.8. The van der Waals surface area contributed by atoms with E-state index in [-0.39, 0.29) is 0 Å². The van der Waals surface area contributed by atoms with Crippen LogP contribution in [0.1, 0.15) is 0 Å². The third kappa shape index (κ3) is 2.06. The molecule has 0 atom stereocenters. The van der Waals surface area contributed by atoms with E-state index in [0.717, 1.165) is 5.02 Å². The Morgan fingerprint density at radius 1 is 0.625 bits per heavy atom. The topological polar surface area (TPSA) is 0 Å². The molecule has 0 aliphatic heterocycles. The summed E-state index contributed by atoms with van der Waals surface area (Å²) in [5.41, 5.74) is 2.47. The summed E-state index contributed by atoms with van der Waals surface area (Å²) in [6, 6.07) is 27.8. The largest absolute Gasteiger partial charge is 0.135 e. The number of hydrogen-bond acceptors (Lipinski definition) is 1. The minimum atomic E-state index is 0.769. The summed E-state index contributed by atoms with van der Waals surface area (Å²) < 4.78 is 2.67. The molecule has 5 rings (SSSR count). The van der Waals surface area contributed by atoms with Crippen LogP contribution >= 0.6 is 22.9 Å². The first-order valence-corrected chi connectivity index (χ1v) is 9.10. The van der Waals surface area contributed by atoms with Crippen molar-refractivity contribution in [3.8, 4) is 11.1 Å². The van der Waals surface area contributed by atoms with Gasteiger partial charge in [-0.1, -0.05) is 66.2 Å². The molecule has 2 heteroatoms. The number of hydrogen-bond donors (Lipinski definition) is 0. The fourth-order valence-corrected chi connectivity index (χ4v) is 4.75. The average molecular weight is 345 g/mol. The molecule has 5 aromatic rings. The van der Waals surface area contributed by atoms with Crippen LogP contribution in [0.4, 0.5) is 0 Å². The van der Waals surface area contributed by atoms with E-state index in [1.807, 2.05) is 23.5 Å². The Hall–Kier alpha value is -2.35. The van der Waals surface area contributed by atoms with Gasteiger partial charge in [-0.15, -0.1) is 11.3 Å². The van der Waals surface area contributed by atoms with Gasteiger partial charge in [0, 0.05) is 25.2 Å². The van der Waals surface area contributed by atoms with Crippen molar-refractivity contribution >= 4 is 53.9 Å². The summed E-state index contributed by atoms with van der Waals surface area (Å²) in [7, 11) is 0. The first-order valence-electron chi connectivity index (χ1n) is 7.90. The van der Waals surface area contributed by atoms with E-state index in [1.165, 1.54) is 42.1 Å². The van der Waals surface area contributed by atoms with Gasteiger partial charge >= 0.3 is 0 Å². The van der Waals surface area contributed by atoms with Gasteiger partial charge in [-0.3, -0.25) is 0 Å². The van der Waals surface area contributed by atoms with Crippen molar-refractivity contribution in [2.45, 2.75) is 0 Å². The molecule has 0 bridgehead atoms. The van der Waals surface area contributed by atoms with Crippen molar-refractivity contribution in [2.24, 2.45) is 0 Å². The van der Waals surface area contributed by atoms with Crippen molar-refractivity contribution in [1.29, 1.82) is 0 Å². The molecule has 1 aromatic heterocycles. The molecule has 0 fully saturated rings. The lowest BCUT2D eigenvalue weighted by atomic mass is 9.95. The maximum Gasteiger partial charge on any atom is 0.0406 e. The van der Waals surface area contributed by atoms with Gasteiger partial charge < -0.3 is 0 Å². The van der Waals surface area contributed by atoms with Crippen LogP contribution in [0.2, 0.25) is 5.02 Å². The van der Waals surface area contributed by atoms with Crippen molar-refractivity contribution in [1.82, 2.24) is 0 Å². The summed E-state index contributed by atoms with van der Waals surface area (Å²) in [6.07, 6.45) is 0. The quantitative estimate of drug-likeness (QED) is 0.295. The van der Waals surface area contributed by atoms with Gasteiger partial charge in [-0.2, -0.15) is 0 Å². The maximum atomic E-state index is 6.07. The van der Waals surface area contributed by atoms with E-state index in [4.69, 9.17) is 11.6 Å². The van der Waals surface area contributed by atoms with Crippen molar-refractivity contribution < 1.29 is 0 Å². The Balaban J connectivity index is 1.97. The molecule has 114 valence electrons. The third-order valence-corrected chi connectivity index (χ3v) is 5.91. The molecular formula is C22H13ClS. The zero-order chi connectivity index (χ0) is 16.1. The number of thiophene rings is 1. The highest BCUT2D eigenvalue weighted by atomic mass is 35.5. The van der Waals surface area contributed by atoms with Crippen LogP contribution in [-0.4, -0.2) is 0 Å². The number of rotatable bonds is 1. The molecule has 0 radical (unpaired) electrons. The molecule has 4 aromatic carbocycles. The molecular weight excluding hydrogens is 332 g/mol. The highest BCUT2D eigenvalue weighted by Crippen LogP contribution is 2.42. The second-order valence-corrected chi connectivity index (χ2v) is 7.47. The zero-order valence-electron chi connectivity index (χ0n) is 12.8. The summed E-state index contributed by atoms with van der Waals surface area (Å²) >= 11 is 7.93. The summed E-state index contributed by atoms with van der Waals surface area (Å²) in [5.74, 6) is 0. The number of benzene rings is 4. The number of halogens is 1. The Kier molecular flexibility index (Phi) is 3.12. The van der Waals surface area contributed by atoms with Crippen LogP contribution < -0.4 is 0 Å². The zero-order valence-corrected chi connectivity index (χ0v) is 14.4. The Morgan fingerprint density at radius 3 is 2.08 bits per heavy atom. The number of fused-ring (bicyclic) bond motifs is 5. The fourth-order valence-electron chi connectivity index (χ4n) is 3.46. The van der Waals surface area contributed by atoms with Crippen LogP contribution in [-0.2, 0) is 0 Å². The molecule has 0 saturated heterocycles. The highest BCUT2D eigenvalue weighted by Gasteiger charge is 2.12. The molecule has 0 amide bonds. The van der Waals surface area contributed by atoms with E-state index in [0.29, 0.717) is 0 Å². The lowest BCUT2D eigenvalue weighted by molar-refractivity contribution is 1.67. The van der Waals surface area contributed by atoms with Gasteiger partial charge in [0.15, 0.2) is 0 Å². The van der Waals surface area contributed by atoms with Crippen LogP contribution in [0.25, 0.3) is 42.1 Å². The Labute approximate surface area is 148 Å². The fraction of sp³-hybridized carbons (Fsp3) is 0. The van der Waals surface area contributed by atoms with Gasteiger partial charge in [-0.25, -0.2) is 0 Å². The second-order valence-electron chi connectivity index (χ2n) is 5.95. The van der Waals surface area contributed by atoms with Crippen molar-refractivity contribution in [3.05, 3.63) is 83.9 Å². The smallest absolute Gasteiger partial charge is 0.0406 e. The van der Waals surface area contributed by atoms with Crippen molar-refractivity contribution in [3.63, 3.8) is 0 Å². The van der Waals surface area contributed by atoms with Crippen LogP contribution in [0, 0.1) is 0 Å². The predicted molar refractivity (Wildman–Crippen MR) is 107 cm³/mol. The van der Waals surface area contributed by atoms with Crippen LogP contribution in [0.5, 0.6) is 0 Å². The molecule has 0 spiro atoms. The van der Waals surface area contributed by atoms with Gasteiger partial charge in [0.25, 0.3) is 0 Å². The average Bonchev–Trinajstić information content (AvgIpc) is 3.00. The maximum absolute atomic E-state index is 6.07. The Morgan fingerprint density at radius 2 is 1.29 bits per heavy atom. The predicted octanol–water partition coefficient (Wildman–Crippen LogP) is 7.53. The highest BCUT2D eigenvalue weighted by molar-refractivity contribution is 7.26. The SMILES string of the molecule is Clc1ccc(-c2cc3sc4ccccc4c3c3ccccc23)cc1. The van der Waals surface area contributed by atoms with Gasteiger partial charge in [0.2, 0.25) is 0 Å². The third-order valence-electron chi connectivity index (χ3n) is 4.54. The van der Waals surface area contributed by atoms with Crippen LogP contribution in [0.3, 0.4) is 0 Å². The summed E-state index contributed by atoms with van der Waals surface area (Å²) in [6.45, 7) is 0. The van der Waals surface area contributed by atoms with Crippen LogP contribution in [0.15, 0.2) is 78.9 Å². The monoisotopic (exact) mass is 344 g/mol. The standard InChI is InChI=1S/C22H13ClS/c23-15-11-9-14(10-12-15)19-13-21-22(17-6-2-1-5-16(17)19)18-7-3-4-8-20(18)24-21/h1-13H. The molecule has 0 aliphatic carbocycles. The van der Waals surface area contributed by atoms with Gasteiger partial charge in [-0.05, 0) is 46.2 Å². The normalized spacial score (nSPS) is 11.5. The van der Waals surface area contributed by atoms with Crippen molar-refractivity contribution in [2.75, 3.05) is 0 Å². The minimum Gasteiger partial charge on any atom is -0.135 e. The Bertz CT molecular complexity index is 1200. The lowest BCUT2D eigenvalue weighted by Crippen LogP contribution is -1.82. The molecule has 0 aliphatic rings. The summed E-state index contributed by atoms with van der Waals surface area (Å²) in [5, 5.41) is 6.08. The van der Waals surface area contributed by atoms with E-state index >= 15 is 0 Å². The van der Waals surface area contributed by atoms with E-state index in [1.54, 1.807) is 0 Å². The van der Waals surface area contributed by atoms with E-state index in [9.17, 15) is 0 Å². The van der Waals surface area contributed by atoms with Gasteiger partial charge in [0.05, 0.1) is 0 Å². The summed E-state index contributed by atoms with van der Waals surface area (Å²) in [4.78, 5) is 0. The molecule has 0 unspecified atom stereocenters. The molecule has 24 heavy (non-hydrogen) atoms. The lowest BCUT2D eigenvalue weighted by Gasteiger charge is -2.09. The molecule has 0 N–H and O–H groups in total. The van der Waals surface area contributed by atoms with Gasteiger partial charge in [0.1, 0.15) is 0 Å². The van der Waals surface area contributed by atoms with E-state index in [2.05, 4.69) is 66.7 Å². The minimum absolute atomic E-state index is 0.769. The molecule has 0 nitrogen and oxygen atoms in total. The second kappa shape index (κ2) is 5.34. The molecule has 0 saturated carbocycles. The first kappa shape index (κ1) is 14.0. The van der Waals surface area contributed by atoms with E-state index < -0.39 is 0 Å².